The van der Waals surface area contributed by atoms with Gasteiger partial charge in [-0.2, -0.15) is 0 Å². The van der Waals surface area contributed by atoms with Crippen LogP contribution in [-0.4, -0.2) is 30.3 Å². The maximum Gasteiger partial charge on any atom is 0.191 e. The molecule has 0 aliphatic heterocycles. The molecule has 1 unspecified atom stereocenters. The Balaban J connectivity index is 1.63. The van der Waals surface area contributed by atoms with E-state index in [1.54, 1.807) is 25.3 Å². The minimum Gasteiger partial charge on any atom is -0.490 e. The number of rotatable bonds is 8. The lowest BCUT2D eigenvalue weighted by Gasteiger charge is -2.27. The number of nitrogens with zero attached hydrogens (tertiary/aromatic N) is 1. The molecule has 1 atom stereocenters. The van der Waals surface area contributed by atoms with Gasteiger partial charge in [0.2, 0.25) is 0 Å². The summed E-state index contributed by atoms with van der Waals surface area (Å²) in [6.45, 7) is 5.24. The Morgan fingerprint density at radius 1 is 1.26 bits per heavy atom. The first kappa shape index (κ1) is 19.3. The van der Waals surface area contributed by atoms with E-state index in [1.165, 1.54) is 6.42 Å². The average molecular weight is 371 g/mol. The van der Waals surface area contributed by atoms with Crippen molar-refractivity contribution in [3.63, 3.8) is 0 Å². The Kier molecular flexibility index (Phi) is 6.40. The third kappa shape index (κ3) is 5.26. The summed E-state index contributed by atoms with van der Waals surface area (Å²) in [6.07, 6.45) is 5.40. The molecule has 1 aliphatic rings. The fraction of sp³-hybridized carbons (Fsp3) is 0.476. The van der Waals surface area contributed by atoms with Crippen molar-refractivity contribution in [3.8, 4) is 5.75 Å². The van der Waals surface area contributed by atoms with E-state index >= 15 is 0 Å². The highest BCUT2D eigenvalue weighted by Gasteiger charge is 2.26. The maximum absolute atomic E-state index is 10.6. The first-order valence-corrected chi connectivity index (χ1v) is 9.61. The predicted octanol–water partition coefficient (Wildman–Crippen LogP) is 3.17. The summed E-state index contributed by atoms with van der Waals surface area (Å²) in [7, 11) is 0. The van der Waals surface area contributed by atoms with Crippen molar-refractivity contribution in [2.45, 2.75) is 51.4 Å². The number of aliphatic imine (C=N–C) groups is 1. The van der Waals surface area contributed by atoms with Crippen molar-refractivity contribution in [2.75, 3.05) is 13.1 Å². The standard InChI is InChI=1S/C21H29N3O3/c1-3-22-20(24-15-21(2,25)19-12-7-13-26-19)23-14-16-8-4-5-11-18(16)27-17-9-6-10-17/h4-5,7-8,11-13,17,25H,3,6,9-10,14-15H2,1-2H3,(H2,22,23,24). The van der Waals surface area contributed by atoms with Crippen molar-refractivity contribution in [1.82, 2.24) is 10.6 Å². The Morgan fingerprint density at radius 2 is 2.07 bits per heavy atom. The van der Waals surface area contributed by atoms with Gasteiger partial charge in [0.05, 0.1) is 25.5 Å². The number of furan rings is 1. The van der Waals surface area contributed by atoms with Crippen LogP contribution in [0.3, 0.4) is 0 Å². The van der Waals surface area contributed by atoms with Crippen LogP contribution in [-0.2, 0) is 12.1 Å². The molecule has 0 amide bonds. The molecule has 0 radical (unpaired) electrons. The first-order chi connectivity index (χ1) is 13.1. The molecule has 0 spiro atoms. The molecule has 1 aromatic heterocycles. The quantitative estimate of drug-likeness (QED) is 0.491. The van der Waals surface area contributed by atoms with E-state index in [4.69, 9.17) is 9.15 Å². The van der Waals surface area contributed by atoms with Crippen molar-refractivity contribution in [2.24, 2.45) is 4.99 Å². The molecule has 1 heterocycles. The van der Waals surface area contributed by atoms with E-state index in [1.807, 2.05) is 31.2 Å². The molecular weight excluding hydrogens is 342 g/mol. The minimum absolute atomic E-state index is 0.284. The highest BCUT2D eigenvalue weighted by molar-refractivity contribution is 5.79. The monoisotopic (exact) mass is 371 g/mol. The van der Waals surface area contributed by atoms with Gasteiger partial charge in [0.25, 0.3) is 0 Å². The van der Waals surface area contributed by atoms with Crippen LogP contribution in [0.2, 0.25) is 0 Å². The molecule has 6 nitrogen and oxygen atoms in total. The van der Waals surface area contributed by atoms with Crippen LogP contribution in [0.25, 0.3) is 0 Å². The lowest BCUT2D eigenvalue weighted by Crippen LogP contribution is -2.44. The Bertz CT molecular complexity index is 737. The van der Waals surface area contributed by atoms with Gasteiger partial charge < -0.3 is 24.9 Å². The van der Waals surface area contributed by atoms with E-state index in [0.29, 0.717) is 24.4 Å². The van der Waals surface area contributed by atoms with E-state index in [0.717, 1.165) is 30.7 Å². The zero-order chi connectivity index (χ0) is 19.1. The van der Waals surface area contributed by atoms with Gasteiger partial charge in [-0.15, -0.1) is 0 Å². The van der Waals surface area contributed by atoms with Crippen LogP contribution in [0.1, 0.15) is 44.4 Å². The van der Waals surface area contributed by atoms with Gasteiger partial charge in [-0.25, -0.2) is 4.99 Å². The van der Waals surface area contributed by atoms with Gasteiger partial charge >= 0.3 is 0 Å². The molecule has 1 aliphatic carbocycles. The van der Waals surface area contributed by atoms with Gasteiger partial charge in [-0.05, 0) is 51.3 Å². The Labute approximate surface area is 160 Å². The number of guanidine groups is 1. The van der Waals surface area contributed by atoms with Gasteiger partial charge in [-0.3, -0.25) is 0 Å². The normalized spacial score (nSPS) is 17.1. The Morgan fingerprint density at radius 3 is 2.74 bits per heavy atom. The second-order valence-corrected chi connectivity index (χ2v) is 7.08. The van der Waals surface area contributed by atoms with Crippen LogP contribution in [0, 0.1) is 0 Å². The van der Waals surface area contributed by atoms with Crippen molar-refractivity contribution >= 4 is 5.96 Å². The molecule has 3 N–H and O–H groups in total. The lowest BCUT2D eigenvalue weighted by molar-refractivity contribution is 0.0386. The number of aliphatic hydroxyl groups is 1. The zero-order valence-electron chi connectivity index (χ0n) is 16.1. The van der Waals surface area contributed by atoms with Crippen LogP contribution < -0.4 is 15.4 Å². The fourth-order valence-electron chi connectivity index (χ4n) is 2.85. The largest absolute Gasteiger partial charge is 0.490 e. The van der Waals surface area contributed by atoms with Crippen molar-refractivity contribution < 1.29 is 14.3 Å². The number of ether oxygens (including phenoxy) is 1. The molecule has 146 valence electrons. The molecule has 1 fully saturated rings. The number of para-hydroxylation sites is 1. The molecule has 6 heteroatoms. The first-order valence-electron chi connectivity index (χ1n) is 9.61. The van der Waals surface area contributed by atoms with E-state index in [2.05, 4.69) is 15.6 Å². The number of hydrogen-bond donors (Lipinski definition) is 3. The van der Waals surface area contributed by atoms with E-state index < -0.39 is 5.60 Å². The third-order valence-electron chi connectivity index (χ3n) is 4.72. The zero-order valence-corrected chi connectivity index (χ0v) is 16.1. The molecule has 1 saturated carbocycles. The van der Waals surface area contributed by atoms with Crippen LogP contribution >= 0.6 is 0 Å². The number of benzene rings is 1. The molecule has 0 bridgehead atoms. The van der Waals surface area contributed by atoms with Gasteiger partial charge in [0, 0.05) is 12.1 Å². The summed E-state index contributed by atoms with van der Waals surface area (Å²) in [5, 5.41) is 17.0. The summed E-state index contributed by atoms with van der Waals surface area (Å²) in [6, 6.07) is 11.6. The van der Waals surface area contributed by atoms with Crippen molar-refractivity contribution in [1.29, 1.82) is 0 Å². The number of hydrogen-bond acceptors (Lipinski definition) is 4. The van der Waals surface area contributed by atoms with Crippen LogP contribution in [0.4, 0.5) is 0 Å². The smallest absolute Gasteiger partial charge is 0.191 e. The summed E-state index contributed by atoms with van der Waals surface area (Å²) in [5.74, 6) is 2.07. The van der Waals surface area contributed by atoms with Crippen LogP contribution in [0.15, 0.2) is 52.1 Å². The molecule has 0 saturated heterocycles. The highest BCUT2D eigenvalue weighted by atomic mass is 16.5. The average Bonchev–Trinajstić information content (AvgIpc) is 3.17. The van der Waals surface area contributed by atoms with E-state index in [-0.39, 0.29) is 6.54 Å². The molecule has 1 aromatic carbocycles. The number of nitrogens with one attached hydrogen (secondary N) is 2. The highest BCUT2D eigenvalue weighted by Crippen LogP contribution is 2.28. The lowest BCUT2D eigenvalue weighted by atomic mass is 9.96. The molecule has 3 rings (SSSR count). The van der Waals surface area contributed by atoms with Gasteiger partial charge in [0.1, 0.15) is 17.1 Å². The second kappa shape index (κ2) is 8.95. The van der Waals surface area contributed by atoms with Gasteiger partial charge in [-0.1, -0.05) is 18.2 Å². The predicted molar refractivity (Wildman–Crippen MR) is 106 cm³/mol. The minimum atomic E-state index is -1.12. The van der Waals surface area contributed by atoms with Gasteiger partial charge in [0.15, 0.2) is 5.96 Å². The fourth-order valence-corrected chi connectivity index (χ4v) is 2.85. The van der Waals surface area contributed by atoms with Crippen molar-refractivity contribution in [3.05, 3.63) is 54.0 Å². The molecular formula is C21H29N3O3. The van der Waals surface area contributed by atoms with E-state index in [9.17, 15) is 5.11 Å². The summed E-state index contributed by atoms with van der Waals surface area (Å²) < 4.78 is 11.4. The summed E-state index contributed by atoms with van der Waals surface area (Å²) in [4.78, 5) is 4.65. The van der Waals surface area contributed by atoms with Crippen LogP contribution in [0.5, 0.6) is 5.75 Å². The summed E-state index contributed by atoms with van der Waals surface area (Å²) in [5.41, 5.74) is -0.0651. The SMILES string of the molecule is CCNC(=NCc1ccccc1OC1CCC1)NCC(C)(O)c1ccco1. The Hall–Kier alpha value is -2.47. The molecule has 27 heavy (non-hydrogen) atoms. The topological polar surface area (TPSA) is 79.0 Å². The maximum atomic E-state index is 10.6. The summed E-state index contributed by atoms with van der Waals surface area (Å²) >= 11 is 0. The molecule has 2 aromatic rings. The second-order valence-electron chi connectivity index (χ2n) is 7.08. The third-order valence-corrected chi connectivity index (χ3v) is 4.72.